The maximum Gasteiger partial charge on any atom is 0.333 e. The third-order valence-corrected chi connectivity index (χ3v) is 6.97. The van der Waals surface area contributed by atoms with Gasteiger partial charge in [-0.15, -0.1) is 4.68 Å². The van der Waals surface area contributed by atoms with Crippen molar-refractivity contribution in [2.75, 3.05) is 0 Å². The second-order valence-electron chi connectivity index (χ2n) is 9.11. The molecule has 214 valence electrons. The molecule has 0 saturated carbocycles. The molecule has 0 bridgehead atoms. The Labute approximate surface area is 243 Å². The van der Waals surface area contributed by atoms with Gasteiger partial charge in [0.2, 0.25) is 0 Å². The molecule has 0 saturated heterocycles. The van der Waals surface area contributed by atoms with E-state index in [0.717, 1.165) is 0 Å². The van der Waals surface area contributed by atoms with Crippen LogP contribution in [0.5, 0.6) is 0 Å². The first-order valence-corrected chi connectivity index (χ1v) is 12.9. The van der Waals surface area contributed by atoms with Crippen LogP contribution in [0.25, 0.3) is 28.1 Å². The molecule has 6 aromatic rings. The zero-order valence-electron chi connectivity index (χ0n) is 21.4. The highest BCUT2D eigenvalue weighted by atomic mass is 35.5. The Morgan fingerprint density at radius 2 is 1.86 bits per heavy atom. The van der Waals surface area contributed by atoms with E-state index >= 15 is 4.39 Å². The van der Waals surface area contributed by atoms with Crippen molar-refractivity contribution in [3.8, 4) is 28.1 Å². The van der Waals surface area contributed by atoms with Crippen molar-refractivity contribution in [2.24, 2.45) is 7.05 Å². The first-order chi connectivity index (χ1) is 20.2. The van der Waals surface area contributed by atoms with Crippen molar-refractivity contribution in [1.82, 2.24) is 49.9 Å². The molecule has 0 aliphatic heterocycles. The van der Waals surface area contributed by atoms with E-state index in [-0.39, 0.29) is 27.9 Å². The fourth-order valence-electron chi connectivity index (χ4n) is 4.55. The fraction of sp³-hybridized carbons (Fsp3) is 0.160. The van der Waals surface area contributed by atoms with Crippen molar-refractivity contribution >= 4 is 23.2 Å². The summed E-state index contributed by atoms with van der Waals surface area (Å²) < 4.78 is 60.8. The summed E-state index contributed by atoms with van der Waals surface area (Å²) in [7, 11) is 1.54. The highest BCUT2D eigenvalue weighted by Gasteiger charge is 2.25. The highest BCUT2D eigenvalue weighted by Crippen LogP contribution is 2.33. The van der Waals surface area contributed by atoms with Crippen LogP contribution in [0.2, 0.25) is 10.2 Å². The fourth-order valence-corrected chi connectivity index (χ4v) is 4.84. The van der Waals surface area contributed by atoms with Crippen molar-refractivity contribution < 1.29 is 22.2 Å². The second-order valence-corrected chi connectivity index (χ2v) is 9.90. The molecule has 5 heterocycles. The molecule has 1 N–H and O–H groups in total. The number of rotatable bonds is 8. The third-order valence-electron chi connectivity index (χ3n) is 6.49. The molecule has 5 aromatic heterocycles. The predicted octanol–water partition coefficient (Wildman–Crippen LogP) is 4.75. The summed E-state index contributed by atoms with van der Waals surface area (Å²) in [6.45, 7) is -2.81. The summed E-state index contributed by atoms with van der Waals surface area (Å²) in [6, 6.07) is 7.09. The van der Waals surface area contributed by atoms with E-state index in [1.165, 1.54) is 58.0 Å². The number of hydrogen-bond acceptors (Lipinski definition) is 6. The molecule has 0 amide bonds. The number of nitrogens with zero attached hydrogens (tertiary/aromatic N) is 10. The molecule has 1 atom stereocenters. The molecular weight excluding hydrogens is 601 g/mol. The number of nitrogens with one attached hydrogen (secondary N) is 1. The average molecular weight is 619 g/mol. The summed E-state index contributed by atoms with van der Waals surface area (Å²) in [4.78, 5) is 4.57. The summed E-state index contributed by atoms with van der Waals surface area (Å²) >= 11 is 12.1. The molecule has 0 radical (unpaired) electrons. The van der Waals surface area contributed by atoms with Gasteiger partial charge in [0, 0.05) is 43.2 Å². The lowest BCUT2D eigenvalue weighted by Gasteiger charge is -2.17. The Kier molecular flexibility index (Phi) is 7.20. The van der Waals surface area contributed by atoms with E-state index in [2.05, 4.69) is 35.8 Å². The number of alkyl halides is 2. The standard InChI is InChI=1S/C25H17Cl2F4N11/c1-39-23(24(29)35-37-39)14-10-33-41(11-14)19(8-15-6-7-40(36-15)25(30)31)17-4-2-13(9-32-17)21-18(5-3-16(26)22(21)28)42-12-20(27)34-38-42/h2-7,9-12,19,25H,8H2,1H3/p+1/t19-/m0/s1. The van der Waals surface area contributed by atoms with E-state index in [1.54, 1.807) is 24.4 Å². The van der Waals surface area contributed by atoms with Crippen LogP contribution in [0.3, 0.4) is 0 Å². The molecule has 1 aromatic carbocycles. The van der Waals surface area contributed by atoms with E-state index in [4.69, 9.17) is 23.2 Å². The molecule has 0 fully saturated rings. The zero-order chi connectivity index (χ0) is 29.5. The van der Waals surface area contributed by atoms with Gasteiger partial charge in [-0.3, -0.25) is 9.67 Å². The maximum atomic E-state index is 15.4. The van der Waals surface area contributed by atoms with Crippen molar-refractivity contribution in [1.29, 1.82) is 0 Å². The Bertz CT molecular complexity index is 1860. The largest absolute Gasteiger partial charge is 0.333 e. The van der Waals surface area contributed by atoms with Crippen LogP contribution < -0.4 is 4.68 Å². The number of aromatic amines is 1. The van der Waals surface area contributed by atoms with E-state index in [1.807, 2.05) is 0 Å². The zero-order valence-corrected chi connectivity index (χ0v) is 22.9. The van der Waals surface area contributed by atoms with Crippen LogP contribution in [-0.2, 0) is 13.5 Å². The van der Waals surface area contributed by atoms with Gasteiger partial charge in [-0.25, -0.2) is 13.8 Å². The molecule has 0 unspecified atom stereocenters. The molecule has 42 heavy (non-hydrogen) atoms. The molecule has 17 heteroatoms. The van der Waals surface area contributed by atoms with E-state index in [9.17, 15) is 13.2 Å². The number of halogens is 6. The molecular formula is C25H18Cl2F4N11+. The van der Waals surface area contributed by atoms with Crippen LogP contribution in [0.4, 0.5) is 17.6 Å². The lowest BCUT2D eigenvalue weighted by Crippen LogP contribution is -2.33. The average Bonchev–Trinajstić information content (AvgIpc) is 3.78. The third kappa shape index (κ3) is 5.12. The molecule has 0 spiro atoms. The number of pyridine rings is 1. The minimum atomic E-state index is -2.81. The summed E-state index contributed by atoms with van der Waals surface area (Å²) in [5.74, 6) is -1.46. The first-order valence-electron chi connectivity index (χ1n) is 12.2. The Hall–Kier alpha value is -4.63. The Balaban J connectivity index is 1.41. The van der Waals surface area contributed by atoms with Crippen molar-refractivity contribution in [3.05, 3.63) is 94.6 Å². The van der Waals surface area contributed by atoms with Crippen molar-refractivity contribution in [3.63, 3.8) is 0 Å². The van der Waals surface area contributed by atoms with Crippen LogP contribution in [0, 0.1) is 11.8 Å². The lowest BCUT2D eigenvalue weighted by molar-refractivity contribution is -0.659. The molecule has 0 aliphatic carbocycles. The van der Waals surface area contributed by atoms with Gasteiger partial charge in [0.15, 0.2) is 17.7 Å². The number of aryl methyl sites for hydroxylation is 1. The van der Waals surface area contributed by atoms with Gasteiger partial charge in [0.1, 0.15) is 5.69 Å². The van der Waals surface area contributed by atoms with Crippen LogP contribution in [-0.4, -0.2) is 49.9 Å². The van der Waals surface area contributed by atoms with Crippen LogP contribution >= 0.6 is 23.2 Å². The van der Waals surface area contributed by atoms with Gasteiger partial charge in [-0.2, -0.15) is 23.4 Å². The Morgan fingerprint density at radius 3 is 2.50 bits per heavy atom. The first kappa shape index (κ1) is 27.5. The highest BCUT2D eigenvalue weighted by molar-refractivity contribution is 6.31. The van der Waals surface area contributed by atoms with Crippen LogP contribution in [0.15, 0.2) is 61.3 Å². The van der Waals surface area contributed by atoms with Gasteiger partial charge < -0.3 is 0 Å². The summed E-state index contributed by atoms with van der Waals surface area (Å²) in [6.07, 6.45) is 7.20. The monoisotopic (exact) mass is 618 g/mol. The van der Waals surface area contributed by atoms with Gasteiger partial charge in [0.25, 0.3) is 5.95 Å². The summed E-state index contributed by atoms with van der Waals surface area (Å²) in [5.41, 5.74) is 2.20. The van der Waals surface area contributed by atoms with Crippen molar-refractivity contribution in [2.45, 2.75) is 19.0 Å². The topological polar surface area (TPSA) is 112 Å². The molecule has 6 rings (SSSR count). The van der Waals surface area contributed by atoms with Gasteiger partial charge in [-0.1, -0.05) is 33.2 Å². The normalized spacial score (nSPS) is 12.4. The van der Waals surface area contributed by atoms with Gasteiger partial charge in [0.05, 0.1) is 39.3 Å². The smallest absolute Gasteiger partial charge is 0.263 e. The number of hydrogen-bond donors (Lipinski definition) is 1. The maximum absolute atomic E-state index is 15.4. The minimum Gasteiger partial charge on any atom is -0.263 e. The number of H-pyrrole nitrogens is 1. The predicted molar refractivity (Wildman–Crippen MR) is 141 cm³/mol. The molecule has 11 nitrogen and oxygen atoms in total. The quantitative estimate of drug-likeness (QED) is 0.195. The Morgan fingerprint density at radius 1 is 1.02 bits per heavy atom. The molecule has 0 aliphatic rings. The SMILES string of the molecule is Cn1nnc(F)c1-c1cnn([C@@H](Cc2ccn(C(F)F)n2)c2ccc(-c3c(-[n+]4cc(Cl)n[nH]4)ccc(Cl)c3F)cn2)c1. The number of aromatic nitrogens is 11. The second kappa shape index (κ2) is 11.0. The summed E-state index contributed by atoms with van der Waals surface area (Å²) in [5, 5.41) is 22.1. The number of benzene rings is 1. The van der Waals surface area contributed by atoms with Gasteiger partial charge in [-0.05, 0) is 35.9 Å². The lowest BCUT2D eigenvalue weighted by atomic mass is 10.0. The minimum absolute atomic E-state index is 0.0995. The van der Waals surface area contributed by atoms with E-state index in [0.29, 0.717) is 32.9 Å². The van der Waals surface area contributed by atoms with Crippen LogP contribution in [0.1, 0.15) is 24.0 Å². The van der Waals surface area contributed by atoms with Gasteiger partial charge >= 0.3 is 11.7 Å². The van der Waals surface area contributed by atoms with E-state index < -0.39 is 24.4 Å².